The van der Waals surface area contributed by atoms with Gasteiger partial charge in [0.25, 0.3) is 11.6 Å². The van der Waals surface area contributed by atoms with Crippen molar-refractivity contribution in [3.63, 3.8) is 0 Å². The summed E-state index contributed by atoms with van der Waals surface area (Å²) in [6.07, 6.45) is 1.73. The molecular weight excluding hydrogens is 276 g/mol. The fraction of sp³-hybridized carbons (Fsp3) is 0.429. The Hall–Kier alpha value is -2.44. The standard InChI is InChI=1S/C14H18N2O5/c1-3-4-7-10(14(18)19)15-13(17)12-9(2)6-5-8-11(12)16(20)21/h5-6,8,10H,3-4,7H2,1-2H3,(H,15,17)(H,18,19). The number of amides is 1. The van der Waals surface area contributed by atoms with Gasteiger partial charge in [0, 0.05) is 6.07 Å². The average molecular weight is 294 g/mol. The van der Waals surface area contributed by atoms with Crippen LogP contribution in [0.25, 0.3) is 0 Å². The Kier molecular flexibility index (Phi) is 5.83. The van der Waals surface area contributed by atoms with Gasteiger partial charge in [-0.1, -0.05) is 31.9 Å². The number of hydrogen-bond donors (Lipinski definition) is 2. The van der Waals surface area contributed by atoms with E-state index in [1.807, 2.05) is 6.92 Å². The number of nitrogens with one attached hydrogen (secondary N) is 1. The first-order valence-corrected chi connectivity index (χ1v) is 6.66. The monoisotopic (exact) mass is 294 g/mol. The lowest BCUT2D eigenvalue weighted by Crippen LogP contribution is -2.41. The van der Waals surface area contributed by atoms with Crippen LogP contribution in [0.2, 0.25) is 0 Å². The van der Waals surface area contributed by atoms with Gasteiger partial charge in [0.05, 0.1) is 4.92 Å². The number of carboxylic acids is 1. The van der Waals surface area contributed by atoms with Crippen molar-refractivity contribution in [2.45, 2.75) is 39.2 Å². The van der Waals surface area contributed by atoms with Crippen molar-refractivity contribution in [1.29, 1.82) is 0 Å². The number of hydrogen-bond acceptors (Lipinski definition) is 4. The number of carbonyl (C=O) groups excluding carboxylic acids is 1. The van der Waals surface area contributed by atoms with Crippen LogP contribution < -0.4 is 5.32 Å². The number of unbranched alkanes of at least 4 members (excludes halogenated alkanes) is 1. The molecule has 1 atom stereocenters. The molecule has 1 rings (SSSR count). The Morgan fingerprint density at radius 2 is 2.10 bits per heavy atom. The zero-order valence-corrected chi connectivity index (χ0v) is 12.0. The lowest BCUT2D eigenvalue weighted by Gasteiger charge is -2.15. The molecule has 114 valence electrons. The number of nitro benzene ring substituents is 1. The van der Waals surface area contributed by atoms with Gasteiger partial charge in [-0.3, -0.25) is 14.9 Å². The van der Waals surface area contributed by atoms with Gasteiger partial charge in [-0.05, 0) is 18.9 Å². The lowest BCUT2D eigenvalue weighted by molar-refractivity contribution is -0.385. The molecule has 0 aliphatic rings. The summed E-state index contributed by atoms with van der Waals surface area (Å²) in [5.74, 6) is -1.88. The Morgan fingerprint density at radius 1 is 1.43 bits per heavy atom. The van der Waals surface area contributed by atoms with Gasteiger partial charge in [-0.25, -0.2) is 4.79 Å². The van der Waals surface area contributed by atoms with Crippen LogP contribution in [0.3, 0.4) is 0 Å². The second-order valence-corrected chi connectivity index (χ2v) is 4.73. The Morgan fingerprint density at radius 3 is 2.62 bits per heavy atom. The fourth-order valence-corrected chi connectivity index (χ4v) is 2.00. The zero-order valence-electron chi connectivity index (χ0n) is 12.0. The van der Waals surface area contributed by atoms with Crippen LogP contribution in [0.4, 0.5) is 5.69 Å². The van der Waals surface area contributed by atoms with Crippen LogP contribution in [-0.4, -0.2) is 27.9 Å². The molecule has 0 bridgehead atoms. The maximum atomic E-state index is 12.2. The minimum absolute atomic E-state index is 0.0924. The number of nitro groups is 1. The normalized spacial score (nSPS) is 11.7. The quantitative estimate of drug-likeness (QED) is 0.592. The first-order valence-electron chi connectivity index (χ1n) is 6.66. The molecule has 0 spiro atoms. The van der Waals surface area contributed by atoms with Gasteiger partial charge in [-0.2, -0.15) is 0 Å². The van der Waals surface area contributed by atoms with E-state index < -0.39 is 22.8 Å². The summed E-state index contributed by atoms with van der Waals surface area (Å²) in [4.78, 5) is 33.6. The summed E-state index contributed by atoms with van der Waals surface area (Å²) in [5, 5.41) is 22.4. The smallest absolute Gasteiger partial charge is 0.326 e. The van der Waals surface area contributed by atoms with E-state index in [0.717, 1.165) is 6.42 Å². The molecule has 7 heteroatoms. The molecule has 1 unspecified atom stereocenters. The fourth-order valence-electron chi connectivity index (χ4n) is 2.00. The van der Waals surface area contributed by atoms with Crippen LogP contribution >= 0.6 is 0 Å². The van der Waals surface area contributed by atoms with Crippen molar-refractivity contribution in [3.05, 3.63) is 39.4 Å². The Balaban J connectivity index is 3.02. The largest absolute Gasteiger partial charge is 0.480 e. The minimum atomic E-state index is -1.15. The summed E-state index contributed by atoms with van der Waals surface area (Å²) < 4.78 is 0. The van der Waals surface area contributed by atoms with E-state index in [1.54, 1.807) is 13.0 Å². The van der Waals surface area contributed by atoms with Gasteiger partial charge in [0.2, 0.25) is 0 Å². The molecule has 0 aromatic heterocycles. The SMILES string of the molecule is CCCCC(NC(=O)c1c(C)cccc1[N+](=O)[O-])C(=O)O. The van der Waals surface area contributed by atoms with Crippen molar-refractivity contribution in [2.75, 3.05) is 0 Å². The summed E-state index contributed by atoms with van der Waals surface area (Å²) in [6, 6.07) is 3.24. The first-order chi connectivity index (χ1) is 9.88. The highest BCUT2D eigenvalue weighted by atomic mass is 16.6. The third-order valence-electron chi connectivity index (χ3n) is 3.12. The molecule has 0 radical (unpaired) electrons. The molecule has 0 aliphatic carbocycles. The Bertz CT molecular complexity index is 556. The van der Waals surface area contributed by atoms with E-state index in [0.29, 0.717) is 12.0 Å². The van der Waals surface area contributed by atoms with E-state index in [4.69, 9.17) is 5.11 Å². The molecule has 21 heavy (non-hydrogen) atoms. The van der Waals surface area contributed by atoms with Crippen LogP contribution in [0.15, 0.2) is 18.2 Å². The van der Waals surface area contributed by atoms with Crippen molar-refractivity contribution in [1.82, 2.24) is 5.32 Å². The molecule has 1 aromatic carbocycles. The molecule has 7 nitrogen and oxygen atoms in total. The highest BCUT2D eigenvalue weighted by molar-refractivity contribution is 6.01. The predicted octanol–water partition coefficient (Wildman–Crippen LogP) is 2.28. The summed E-state index contributed by atoms with van der Waals surface area (Å²) >= 11 is 0. The number of carboxylic acid groups (broad SMARTS) is 1. The van der Waals surface area contributed by atoms with Crippen molar-refractivity contribution in [2.24, 2.45) is 0 Å². The second kappa shape index (κ2) is 7.37. The van der Waals surface area contributed by atoms with E-state index in [-0.39, 0.29) is 17.7 Å². The predicted molar refractivity (Wildman–Crippen MR) is 76.2 cm³/mol. The van der Waals surface area contributed by atoms with E-state index in [9.17, 15) is 19.7 Å². The van der Waals surface area contributed by atoms with E-state index in [2.05, 4.69) is 5.32 Å². The van der Waals surface area contributed by atoms with Gasteiger partial charge in [-0.15, -0.1) is 0 Å². The van der Waals surface area contributed by atoms with E-state index in [1.165, 1.54) is 12.1 Å². The number of aliphatic carboxylic acids is 1. The van der Waals surface area contributed by atoms with Crippen molar-refractivity contribution >= 4 is 17.6 Å². The summed E-state index contributed by atoms with van der Waals surface area (Å²) in [6.45, 7) is 3.48. The molecule has 0 saturated heterocycles. The topological polar surface area (TPSA) is 110 Å². The van der Waals surface area contributed by atoms with Gasteiger partial charge < -0.3 is 10.4 Å². The van der Waals surface area contributed by atoms with Crippen molar-refractivity contribution in [3.8, 4) is 0 Å². The maximum Gasteiger partial charge on any atom is 0.326 e. The third kappa shape index (κ3) is 4.27. The molecule has 0 fully saturated rings. The van der Waals surface area contributed by atoms with E-state index >= 15 is 0 Å². The summed E-state index contributed by atoms with van der Waals surface area (Å²) in [5.41, 5.74) is 0.0127. The van der Waals surface area contributed by atoms with Gasteiger partial charge in [0.1, 0.15) is 11.6 Å². The second-order valence-electron chi connectivity index (χ2n) is 4.73. The third-order valence-corrected chi connectivity index (χ3v) is 3.12. The van der Waals surface area contributed by atoms with Crippen LogP contribution in [0, 0.1) is 17.0 Å². The average Bonchev–Trinajstić information content (AvgIpc) is 2.42. The summed E-state index contributed by atoms with van der Waals surface area (Å²) in [7, 11) is 0. The number of benzene rings is 1. The molecule has 1 aromatic rings. The molecule has 0 saturated carbocycles. The van der Waals surface area contributed by atoms with Gasteiger partial charge in [0.15, 0.2) is 0 Å². The van der Waals surface area contributed by atoms with Crippen LogP contribution in [0.5, 0.6) is 0 Å². The van der Waals surface area contributed by atoms with Crippen LogP contribution in [-0.2, 0) is 4.79 Å². The minimum Gasteiger partial charge on any atom is -0.480 e. The number of aryl methyl sites for hydroxylation is 1. The molecule has 1 amide bonds. The van der Waals surface area contributed by atoms with Gasteiger partial charge >= 0.3 is 5.97 Å². The van der Waals surface area contributed by atoms with Crippen molar-refractivity contribution < 1.29 is 19.6 Å². The lowest BCUT2D eigenvalue weighted by atomic mass is 10.0. The highest BCUT2D eigenvalue weighted by Gasteiger charge is 2.26. The maximum absolute atomic E-state index is 12.2. The first kappa shape index (κ1) is 16.6. The number of carbonyl (C=O) groups is 2. The number of nitrogens with zero attached hydrogens (tertiary/aromatic N) is 1. The molecular formula is C14H18N2O5. The number of rotatable bonds is 7. The van der Waals surface area contributed by atoms with Crippen LogP contribution in [0.1, 0.15) is 42.1 Å². The Labute approximate surface area is 122 Å². The zero-order chi connectivity index (χ0) is 16.0. The molecule has 2 N–H and O–H groups in total. The molecule has 0 heterocycles. The molecule has 0 aliphatic heterocycles. The highest BCUT2D eigenvalue weighted by Crippen LogP contribution is 2.22.